The Kier molecular flexibility index (Phi) is 9.04. The topological polar surface area (TPSA) is 32.8 Å². The number of aryl methyl sites for hydroxylation is 2. The molecule has 11 rings (SSSR count). The summed E-state index contributed by atoms with van der Waals surface area (Å²) in [6, 6.07) is 61.8. The van der Waals surface area contributed by atoms with Crippen LogP contribution in [-0.2, 0) is 10.8 Å². The monoisotopic (exact) mass is 832 g/mol. The summed E-state index contributed by atoms with van der Waals surface area (Å²) in [6.07, 6.45) is 0. The molecule has 0 amide bonds. The minimum Gasteiger partial charge on any atom is -0.452 e. The summed E-state index contributed by atoms with van der Waals surface area (Å²) in [7, 11) is 0. The molecule has 0 saturated carbocycles. The molecule has 4 nitrogen and oxygen atoms in total. The molecule has 4 heteroatoms. The third-order valence-electron chi connectivity index (χ3n) is 13.1. The van der Waals surface area contributed by atoms with Crippen LogP contribution in [0.2, 0.25) is 0 Å². The number of rotatable bonds is 6. The maximum absolute atomic E-state index is 6.84. The SMILES string of the molecule is Cc1ccccc1N(c1ccc2cc3c(cc2c1)oc1c3ccc2c3cc4ccc(N(c5ccccc5C)c5ccccc5C(C)(C)C)cc4cc3oc21)c1ccccc1C(C)(C)C. The largest absolute Gasteiger partial charge is 0.452 e. The number of furan rings is 2. The molecular formula is C60H52N2O2. The second-order valence-corrected chi connectivity index (χ2v) is 19.6. The molecule has 0 fully saturated rings. The maximum Gasteiger partial charge on any atom is 0.178 e. The van der Waals surface area contributed by atoms with E-state index in [1.807, 2.05) is 0 Å². The fourth-order valence-corrected chi connectivity index (χ4v) is 9.86. The average molecular weight is 833 g/mol. The summed E-state index contributed by atoms with van der Waals surface area (Å²) in [5.74, 6) is 0. The summed E-state index contributed by atoms with van der Waals surface area (Å²) in [6.45, 7) is 18.1. The lowest BCUT2D eigenvalue weighted by Gasteiger charge is -2.33. The predicted octanol–water partition coefficient (Wildman–Crippen LogP) is 17.9. The van der Waals surface area contributed by atoms with Gasteiger partial charge in [-0.25, -0.2) is 0 Å². The Hall–Kier alpha value is -7.30. The van der Waals surface area contributed by atoms with E-state index in [1.165, 1.54) is 33.6 Å². The van der Waals surface area contributed by atoms with Gasteiger partial charge in [0, 0.05) is 55.7 Å². The molecular weight excluding hydrogens is 781 g/mol. The van der Waals surface area contributed by atoms with Crippen molar-refractivity contribution in [1.82, 2.24) is 0 Å². The molecule has 0 unspecified atom stereocenters. The van der Waals surface area contributed by atoms with Crippen LogP contribution in [0.5, 0.6) is 0 Å². The molecule has 2 heterocycles. The molecule has 0 aliphatic carbocycles. The van der Waals surface area contributed by atoms with Crippen molar-refractivity contribution in [2.45, 2.75) is 66.2 Å². The Labute approximate surface area is 375 Å². The molecule has 0 atom stereocenters. The average Bonchev–Trinajstić information content (AvgIpc) is 3.83. The fourth-order valence-electron chi connectivity index (χ4n) is 9.86. The molecule has 0 N–H and O–H groups in total. The van der Waals surface area contributed by atoms with Gasteiger partial charge in [-0.3, -0.25) is 0 Å². The summed E-state index contributed by atoms with van der Waals surface area (Å²) in [4.78, 5) is 4.82. The van der Waals surface area contributed by atoms with Gasteiger partial charge in [0.2, 0.25) is 0 Å². The van der Waals surface area contributed by atoms with Crippen LogP contribution in [0.3, 0.4) is 0 Å². The molecule has 11 aromatic rings. The normalized spacial score (nSPS) is 12.4. The lowest BCUT2D eigenvalue weighted by Crippen LogP contribution is -2.19. The van der Waals surface area contributed by atoms with Crippen LogP contribution in [-0.4, -0.2) is 0 Å². The third-order valence-corrected chi connectivity index (χ3v) is 13.1. The van der Waals surface area contributed by atoms with Crippen LogP contribution < -0.4 is 9.80 Å². The third kappa shape index (κ3) is 6.51. The van der Waals surface area contributed by atoms with Crippen molar-refractivity contribution in [3.8, 4) is 0 Å². The Bertz CT molecular complexity index is 3390. The summed E-state index contributed by atoms with van der Waals surface area (Å²) in [5, 5.41) is 8.79. The van der Waals surface area contributed by atoms with Gasteiger partial charge >= 0.3 is 0 Å². The smallest absolute Gasteiger partial charge is 0.178 e. The van der Waals surface area contributed by atoms with Gasteiger partial charge in [-0.2, -0.15) is 0 Å². The zero-order valence-corrected chi connectivity index (χ0v) is 37.9. The lowest BCUT2D eigenvalue weighted by atomic mass is 9.85. The maximum atomic E-state index is 6.84. The van der Waals surface area contributed by atoms with Gasteiger partial charge < -0.3 is 18.6 Å². The highest BCUT2D eigenvalue weighted by Gasteiger charge is 2.26. The van der Waals surface area contributed by atoms with Gasteiger partial charge in [0.05, 0.1) is 0 Å². The number of hydrogen-bond acceptors (Lipinski definition) is 4. The number of fused-ring (bicyclic) bond motifs is 9. The first kappa shape index (κ1) is 39.5. The van der Waals surface area contributed by atoms with E-state index in [2.05, 4.69) is 235 Å². The molecule has 0 bridgehead atoms. The molecule has 0 aliphatic rings. The summed E-state index contributed by atoms with van der Waals surface area (Å²) >= 11 is 0. The molecule has 0 aliphatic heterocycles. The van der Waals surface area contributed by atoms with E-state index in [0.717, 1.165) is 88.2 Å². The Morgan fingerprint density at radius 3 is 1.11 bits per heavy atom. The Balaban J connectivity index is 1.04. The quantitative estimate of drug-likeness (QED) is 0.167. The second-order valence-electron chi connectivity index (χ2n) is 19.6. The van der Waals surface area contributed by atoms with E-state index in [4.69, 9.17) is 8.83 Å². The van der Waals surface area contributed by atoms with E-state index in [1.54, 1.807) is 0 Å². The minimum absolute atomic E-state index is 0.0475. The highest BCUT2D eigenvalue weighted by atomic mass is 16.4. The summed E-state index contributed by atoms with van der Waals surface area (Å²) < 4.78 is 13.7. The van der Waals surface area contributed by atoms with Crippen LogP contribution in [0.4, 0.5) is 34.1 Å². The zero-order chi connectivity index (χ0) is 44.1. The van der Waals surface area contributed by atoms with Gasteiger partial charge in [-0.1, -0.05) is 126 Å². The van der Waals surface area contributed by atoms with Crippen molar-refractivity contribution in [2.24, 2.45) is 0 Å². The van der Waals surface area contributed by atoms with Crippen molar-refractivity contribution in [3.63, 3.8) is 0 Å². The van der Waals surface area contributed by atoms with Crippen LogP contribution in [0.15, 0.2) is 179 Å². The Morgan fingerprint density at radius 1 is 0.344 bits per heavy atom. The number of hydrogen-bond donors (Lipinski definition) is 0. The van der Waals surface area contributed by atoms with Crippen molar-refractivity contribution >= 4 is 99.5 Å². The first-order valence-electron chi connectivity index (χ1n) is 22.4. The lowest BCUT2D eigenvalue weighted by molar-refractivity contribution is 0.590. The minimum atomic E-state index is -0.0475. The molecule has 314 valence electrons. The standard InChI is InChI=1S/C60H52N2O2/c1-37-17-9-13-21-51(37)61(53-23-15-11-19-49(53)59(3,4)5)43-27-25-39-33-47-45-29-30-46-48-34-40-26-28-44(32-42(40)36-56(48)64-58(46)57(45)63-55(47)35-41(39)31-43)62(52-22-14-10-18-38(52)2)54-24-16-12-20-50(54)60(6,7)8/h9-36H,1-8H3. The molecule has 64 heavy (non-hydrogen) atoms. The Morgan fingerprint density at radius 2 is 0.719 bits per heavy atom. The number of nitrogens with zero attached hydrogens (tertiary/aromatic N) is 2. The van der Waals surface area contributed by atoms with Crippen molar-refractivity contribution in [2.75, 3.05) is 9.80 Å². The number of para-hydroxylation sites is 4. The molecule has 0 spiro atoms. The first-order valence-corrected chi connectivity index (χ1v) is 22.4. The number of benzene rings is 9. The van der Waals surface area contributed by atoms with E-state index in [9.17, 15) is 0 Å². The predicted molar refractivity (Wildman–Crippen MR) is 272 cm³/mol. The number of anilines is 6. The van der Waals surface area contributed by atoms with Crippen LogP contribution in [0, 0.1) is 13.8 Å². The highest BCUT2D eigenvalue weighted by Crippen LogP contribution is 2.47. The van der Waals surface area contributed by atoms with Crippen LogP contribution in [0.1, 0.15) is 63.8 Å². The zero-order valence-electron chi connectivity index (χ0n) is 37.9. The van der Waals surface area contributed by atoms with Gasteiger partial charge in [-0.15, -0.1) is 0 Å². The van der Waals surface area contributed by atoms with E-state index < -0.39 is 0 Å². The molecule has 0 radical (unpaired) electrons. The van der Waals surface area contributed by atoms with Crippen LogP contribution >= 0.6 is 0 Å². The summed E-state index contributed by atoms with van der Waals surface area (Å²) in [5.41, 5.74) is 15.0. The van der Waals surface area contributed by atoms with E-state index in [0.29, 0.717) is 0 Å². The van der Waals surface area contributed by atoms with Gasteiger partial charge in [-0.05, 0) is 153 Å². The molecule has 2 aromatic heterocycles. The second kappa shape index (κ2) is 14.6. The van der Waals surface area contributed by atoms with E-state index in [-0.39, 0.29) is 10.8 Å². The van der Waals surface area contributed by atoms with Gasteiger partial charge in [0.15, 0.2) is 11.2 Å². The van der Waals surface area contributed by atoms with Gasteiger partial charge in [0.25, 0.3) is 0 Å². The van der Waals surface area contributed by atoms with Crippen molar-refractivity contribution < 1.29 is 8.83 Å². The highest BCUT2D eigenvalue weighted by molar-refractivity contribution is 6.21. The van der Waals surface area contributed by atoms with E-state index >= 15 is 0 Å². The van der Waals surface area contributed by atoms with Gasteiger partial charge in [0.1, 0.15) is 11.2 Å². The first-order chi connectivity index (χ1) is 30.8. The van der Waals surface area contributed by atoms with Crippen molar-refractivity contribution in [1.29, 1.82) is 0 Å². The van der Waals surface area contributed by atoms with Crippen LogP contribution in [0.25, 0.3) is 65.4 Å². The molecule has 0 saturated heterocycles. The van der Waals surface area contributed by atoms with Crippen molar-refractivity contribution in [3.05, 3.63) is 192 Å². The fraction of sp³-hybridized carbons (Fsp3) is 0.167. The molecule has 9 aromatic carbocycles.